The fraction of sp³-hybridized carbons (Fsp3) is 0.778. The van der Waals surface area contributed by atoms with Crippen LogP contribution in [0.4, 0.5) is 0 Å². The summed E-state index contributed by atoms with van der Waals surface area (Å²) in [5.41, 5.74) is 0. The molecule has 2 N–H and O–H groups in total. The van der Waals surface area contributed by atoms with E-state index in [1.807, 2.05) is 0 Å². The van der Waals surface area contributed by atoms with Gasteiger partial charge in [0.2, 0.25) is 5.91 Å². The number of aliphatic carboxylic acids is 1. The molecule has 5 nitrogen and oxygen atoms in total. The number of carbonyl (C=O) groups excluding carboxylic acids is 1. The van der Waals surface area contributed by atoms with Crippen LogP contribution in [0.1, 0.15) is 12.8 Å². The molecular weight excluding hydrogens is 218 g/mol. The van der Waals surface area contributed by atoms with Gasteiger partial charge in [0, 0.05) is 32.4 Å². The maximum Gasteiger partial charge on any atom is 0.313 e. The van der Waals surface area contributed by atoms with Crippen LogP contribution in [-0.4, -0.2) is 48.8 Å². The van der Waals surface area contributed by atoms with Gasteiger partial charge in [-0.05, 0) is 6.42 Å². The van der Waals surface area contributed by atoms with Gasteiger partial charge in [0.05, 0.1) is 5.75 Å². The number of rotatable bonds is 9. The quantitative estimate of drug-likeness (QED) is 0.564. The molecule has 0 aromatic carbocycles. The number of nitrogens with one attached hydrogen (secondary N) is 1. The zero-order chi connectivity index (χ0) is 11.5. The van der Waals surface area contributed by atoms with Gasteiger partial charge in [-0.2, -0.15) is 0 Å². The van der Waals surface area contributed by atoms with Crippen molar-refractivity contribution in [1.82, 2.24) is 5.32 Å². The summed E-state index contributed by atoms with van der Waals surface area (Å²) in [5, 5.41) is 11.1. The Morgan fingerprint density at radius 2 is 2.20 bits per heavy atom. The van der Waals surface area contributed by atoms with Crippen LogP contribution >= 0.6 is 11.8 Å². The van der Waals surface area contributed by atoms with Crippen LogP contribution in [0.2, 0.25) is 0 Å². The number of hydrogen-bond acceptors (Lipinski definition) is 4. The number of carboxylic acid groups (broad SMARTS) is 1. The van der Waals surface area contributed by atoms with Gasteiger partial charge in [-0.3, -0.25) is 9.59 Å². The fourth-order valence-corrected chi connectivity index (χ4v) is 1.45. The highest BCUT2D eigenvalue weighted by molar-refractivity contribution is 7.99. The van der Waals surface area contributed by atoms with Crippen LogP contribution in [0.5, 0.6) is 0 Å². The number of amides is 1. The minimum Gasteiger partial charge on any atom is -0.481 e. The molecule has 0 saturated heterocycles. The lowest BCUT2D eigenvalue weighted by Crippen LogP contribution is -2.25. The third-order valence-corrected chi connectivity index (χ3v) is 2.49. The lowest BCUT2D eigenvalue weighted by Gasteiger charge is -2.03. The van der Waals surface area contributed by atoms with Crippen molar-refractivity contribution in [3.05, 3.63) is 0 Å². The number of thioether (sulfide) groups is 1. The third kappa shape index (κ3) is 11.2. The average Bonchev–Trinajstić information content (AvgIpc) is 2.17. The predicted molar refractivity (Wildman–Crippen MR) is 59.1 cm³/mol. The third-order valence-electron chi connectivity index (χ3n) is 1.55. The second-order valence-electron chi connectivity index (χ2n) is 2.89. The lowest BCUT2D eigenvalue weighted by atomic mass is 10.3. The van der Waals surface area contributed by atoms with Crippen LogP contribution < -0.4 is 5.32 Å². The molecular formula is C9H17NO4S. The predicted octanol–water partition coefficient (Wildman–Crippen LogP) is 0.347. The fourth-order valence-electron chi connectivity index (χ4n) is 0.888. The Bertz CT molecular complexity index is 199. The van der Waals surface area contributed by atoms with E-state index in [2.05, 4.69) is 5.32 Å². The van der Waals surface area contributed by atoms with E-state index < -0.39 is 5.97 Å². The average molecular weight is 235 g/mol. The van der Waals surface area contributed by atoms with E-state index in [1.165, 1.54) is 11.8 Å². The number of ether oxygens (including phenoxy) is 1. The first-order valence-electron chi connectivity index (χ1n) is 4.72. The highest BCUT2D eigenvalue weighted by Gasteiger charge is 2.00. The molecule has 0 heterocycles. The minimum atomic E-state index is -0.827. The molecule has 0 aromatic heterocycles. The Kier molecular flexibility index (Phi) is 9.30. The summed E-state index contributed by atoms with van der Waals surface area (Å²) in [6.45, 7) is 1.10. The molecule has 0 bridgehead atoms. The van der Waals surface area contributed by atoms with Crippen molar-refractivity contribution in [2.24, 2.45) is 0 Å². The van der Waals surface area contributed by atoms with Gasteiger partial charge in [-0.25, -0.2) is 0 Å². The first kappa shape index (κ1) is 14.2. The molecule has 0 radical (unpaired) electrons. The smallest absolute Gasteiger partial charge is 0.313 e. The van der Waals surface area contributed by atoms with E-state index in [1.54, 1.807) is 7.11 Å². The van der Waals surface area contributed by atoms with Gasteiger partial charge in [-0.15, -0.1) is 11.8 Å². The minimum absolute atomic E-state index is 0.0111. The molecule has 1 amide bonds. The molecule has 0 aromatic rings. The molecule has 6 heteroatoms. The molecule has 0 aliphatic heterocycles. The van der Waals surface area contributed by atoms with Crippen LogP contribution in [0.15, 0.2) is 0 Å². The summed E-state index contributed by atoms with van der Waals surface area (Å²) in [7, 11) is 1.60. The SMILES string of the molecule is COCCCC(=O)NCCSCC(=O)O. The second-order valence-corrected chi connectivity index (χ2v) is 4.00. The van der Waals surface area contributed by atoms with Crippen molar-refractivity contribution in [2.75, 3.05) is 31.8 Å². The Hall–Kier alpha value is -0.750. The maximum atomic E-state index is 11.1. The van der Waals surface area contributed by atoms with Crippen LogP contribution in [0, 0.1) is 0 Å². The van der Waals surface area contributed by atoms with Gasteiger partial charge >= 0.3 is 5.97 Å². The summed E-state index contributed by atoms with van der Waals surface area (Å²) >= 11 is 1.29. The van der Waals surface area contributed by atoms with E-state index in [0.717, 1.165) is 0 Å². The van der Waals surface area contributed by atoms with E-state index in [-0.39, 0.29) is 11.7 Å². The number of methoxy groups -OCH3 is 1. The van der Waals surface area contributed by atoms with Gasteiger partial charge in [-0.1, -0.05) is 0 Å². The van der Waals surface area contributed by atoms with Crippen LogP contribution in [0.25, 0.3) is 0 Å². The first-order chi connectivity index (χ1) is 7.16. The number of hydrogen-bond donors (Lipinski definition) is 2. The second kappa shape index (κ2) is 9.79. The zero-order valence-corrected chi connectivity index (χ0v) is 9.64. The standard InChI is InChI=1S/C9H17NO4S/c1-14-5-2-3-8(11)10-4-6-15-7-9(12)13/h2-7H2,1H3,(H,10,11)(H,12,13). The van der Waals surface area contributed by atoms with Crippen molar-refractivity contribution in [3.63, 3.8) is 0 Å². The van der Waals surface area contributed by atoms with Crippen LogP contribution in [0.3, 0.4) is 0 Å². The molecule has 0 saturated carbocycles. The normalized spacial score (nSPS) is 9.93. The van der Waals surface area contributed by atoms with Gasteiger partial charge in [0.1, 0.15) is 0 Å². The van der Waals surface area contributed by atoms with E-state index in [0.29, 0.717) is 31.7 Å². The van der Waals surface area contributed by atoms with Crippen molar-refractivity contribution in [1.29, 1.82) is 0 Å². The number of carbonyl (C=O) groups is 2. The monoisotopic (exact) mass is 235 g/mol. The zero-order valence-electron chi connectivity index (χ0n) is 8.82. The van der Waals surface area contributed by atoms with E-state index in [9.17, 15) is 9.59 Å². The Morgan fingerprint density at radius 1 is 1.47 bits per heavy atom. The summed E-state index contributed by atoms with van der Waals surface area (Å²) < 4.78 is 4.81. The Labute approximate surface area is 93.6 Å². The molecule has 88 valence electrons. The largest absolute Gasteiger partial charge is 0.481 e. The molecule has 0 atom stereocenters. The molecule has 0 rings (SSSR count). The molecule has 15 heavy (non-hydrogen) atoms. The summed E-state index contributed by atoms with van der Waals surface area (Å²) in [6.07, 6.45) is 1.17. The van der Waals surface area contributed by atoms with E-state index in [4.69, 9.17) is 9.84 Å². The topological polar surface area (TPSA) is 75.6 Å². The van der Waals surface area contributed by atoms with Crippen molar-refractivity contribution < 1.29 is 19.4 Å². The highest BCUT2D eigenvalue weighted by Crippen LogP contribution is 1.97. The highest BCUT2D eigenvalue weighted by atomic mass is 32.2. The lowest BCUT2D eigenvalue weighted by molar-refractivity contribution is -0.133. The van der Waals surface area contributed by atoms with Gasteiger partial charge < -0.3 is 15.2 Å². The Balaban J connectivity index is 3.20. The maximum absolute atomic E-state index is 11.1. The molecule has 0 aliphatic carbocycles. The van der Waals surface area contributed by atoms with Crippen molar-refractivity contribution >= 4 is 23.6 Å². The first-order valence-corrected chi connectivity index (χ1v) is 5.87. The van der Waals surface area contributed by atoms with Gasteiger partial charge in [0.25, 0.3) is 0 Å². The molecule has 0 unspecified atom stereocenters. The molecule has 0 spiro atoms. The summed E-state index contributed by atoms with van der Waals surface area (Å²) in [6, 6.07) is 0. The molecule has 0 fully saturated rings. The van der Waals surface area contributed by atoms with Crippen molar-refractivity contribution in [3.8, 4) is 0 Å². The van der Waals surface area contributed by atoms with Crippen molar-refractivity contribution in [2.45, 2.75) is 12.8 Å². The van der Waals surface area contributed by atoms with E-state index >= 15 is 0 Å². The van der Waals surface area contributed by atoms with Gasteiger partial charge in [0.15, 0.2) is 0 Å². The number of carboxylic acids is 1. The Morgan fingerprint density at radius 3 is 2.80 bits per heavy atom. The molecule has 0 aliphatic rings. The summed E-state index contributed by atoms with van der Waals surface area (Å²) in [5.74, 6) is -0.128. The summed E-state index contributed by atoms with van der Waals surface area (Å²) in [4.78, 5) is 21.3. The van der Waals surface area contributed by atoms with Crippen LogP contribution in [-0.2, 0) is 14.3 Å².